The molecular weight excluding hydrogens is 226 g/mol. The van der Waals surface area contributed by atoms with Gasteiger partial charge < -0.3 is 10.2 Å². The van der Waals surface area contributed by atoms with E-state index < -0.39 is 5.97 Å². The summed E-state index contributed by atoms with van der Waals surface area (Å²) in [7, 11) is 1.93. The average Bonchev–Trinajstić information content (AvgIpc) is 2.63. The number of thiophene rings is 1. The number of hydrogen-bond donors (Lipinski definition) is 2. The lowest BCUT2D eigenvalue weighted by atomic mass is 10.4. The molecule has 1 aromatic rings. The Kier molecular flexibility index (Phi) is 5.18. The summed E-state index contributed by atoms with van der Waals surface area (Å²) in [5.74, 6) is -0.938. The molecular formula is C11H15NO3S. The molecule has 4 nitrogen and oxygen atoms in total. The number of aliphatic carboxylic acids is 1. The Morgan fingerprint density at radius 3 is 2.94 bits per heavy atom. The summed E-state index contributed by atoms with van der Waals surface area (Å²) in [6, 6.07) is 3.87. The van der Waals surface area contributed by atoms with E-state index in [1.165, 1.54) is 0 Å². The molecule has 0 aliphatic rings. The van der Waals surface area contributed by atoms with Crippen LogP contribution in [0.25, 0.3) is 6.08 Å². The van der Waals surface area contributed by atoms with Gasteiger partial charge in [-0.25, -0.2) is 4.79 Å². The number of hydrogen-bond acceptors (Lipinski definition) is 4. The van der Waals surface area contributed by atoms with Gasteiger partial charge in [0, 0.05) is 28.9 Å². The molecule has 16 heavy (non-hydrogen) atoms. The van der Waals surface area contributed by atoms with Crippen molar-refractivity contribution in [2.24, 2.45) is 0 Å². The standard InChI is InChI=1S/C11H15NO3S/c1-12(6-7-13)8-10-3-2-9(16-10)4-5-11(14)15/h2-5,13H,6-8H2,1H3,(H,14,15). The maximum Gasteiger partial charge on any atom is 0.328 e. The predicted octanol–water partition coefficient (Wildman–Crippen LogP) is 1.27. The quantitative estimate of drug-likeness (QED) is 0.736. The number of rotatable bonds is 6. The normalized spacial score (nSPS) is 11.4. The number of nitrogens with zero attached hydrogens (tertiary/aromatic N) is 1. The Balaban J connectivity index is 2.54. The van der Waals surface area contributed by atoms with Crippen molar-refractivity contribution in [3.63, 3.8) is 0 Å². The second kappa shape index (κ2) is 6.42. The lowest BCUT2D eigenvalue weighted by Crippen LogP contribution is -2.20. The van der Waals surface area contributed by atoms with Crippen LogP contribution in [0.3, 0.4) is 0 Å². The van der Waals surface area contributed by atoms with E-state index in [2.05, 4.69) is 0 Å². The molecule has 0 unspecified atom stereocenters. The highest BCUT2D eigenvalue weighted by atomic mass is 32.1. The highest BCUT2D eigenvalue weighted by Gasteiger charge is 2.02. The van der Waals surface area contributed by atoms with Gasteiger partial charge in [-0.2, -0.15) is 0 Å². The van der Waals surface area contributed by atoms with Crippen molar-refractivity contribution in [1.82, 2.24) is 4.90 Å². The fraction of sp³-hybridized carbons (Fsp3) is 0.364. The Morgan fingerprint density at radius 2 is 2.31 bits per heavy atom. The Labute approximate surface area is 98.4 Å². The molecule has 88 valence electrons. The number of carbonyl (C=O) groups is 1. The fourth-order valence-corrected chi connectivity index (χ4v) is 2.23. The summed E-state index contributed by atoms with van der Waals surface area (Å²) >= 11 is 1.56. The molecule has 0 atom stereocenters. The van der Waals surface area contributed by atoms with Crippen molar-refractivity contribution in [1.29, 1.82) is 0 Å². The minimum absolute atomic E-state index is 0.146. The van der Waals surface area contributed by atoms with Crippen LogP contribution in [0.2, 0.25) is 0 Å². The summed E-state index contributed by atoms with van der Waals surface area (Å²) in [6.07, 6.45) is 2.72. The molecule has 0 amide bonds. The third kappa shape index (κ3) is 4.57. The van der Waals surface area contributed by atoms with E-state index in [-0.39, 0.29) is 6.61 Å². The number of likely N-dealkylation sites (N-methyl/N-ethyl adjacent to an activating group) is 1. The predicted molar refractivity (Wildman–Crippen MR) is 64.4 cm³/mol. The van der Waals surface area contributed by atoms with Crippen LogP contribution in [0.5, 0.6) is 0 Å². The lowest BCUT2D eigenvalue weighted by molar-refractivity contribution is -0.131. The molecule has 1 rings (SSSR count). The molecule has 0 fully saturated rings. The number of aliphatic hydroxyl groups excluding tert-OH is 1. The molecule has 5 heteroatoms. The highest BCUT2D eigenvalue weighted by molar-refractivity contribution is 7.12. The first-order chi connectivity index (χ1) is 7.61. The molecule has 1 heterocycles. The monoisotopic (exact) mass is 241 g/mol. The summed E-state index contributed by atoms with van der Waals surface area (Å²) in [5.41, 5.74) is 0. The largest absolute Gasteiger partial charge is 0.478 e. The molecule has 0 saturated carbocycles. The summed E-state index contributed by atoms with van der Waals surface area (Å²) < 4.78 is 0. The molecule has 2 N–H and O–H groups in total. The molecule has 0 bridgehead atoms. The molecule has 0 aromatic carbocycles. The van der Waals surface area contributed by atoms with Gasteiger partial charge in [-0.05, 0) is 25.3 Å². The maximum atomic E-state index is 10.3. The molecule has 0 aliphatic carbocycles. The van der Waals surface area contributed by atoms with Gasteiger partial charge in [0.15, 0.2) is 0 Å². The van der Waals surface area contributed by atoms with Crippen LogP contribution in [0.1, 0.15) is 9.75 Å². The minimum atomic E-state index is -0.938. The van der Waals surface area contributed by atoms with Gasteiger partial charge in [0.1, 0.15) is 0 Å². The highest BCUT2D eigenvalue weighted by Crippen LogP contribution is 2.19. The van der Waals surface area contributed by atoms with Crippen LogP contribution in [0.4, 0.5) is 0 Å². The molecule has 0 spiro atoms. The number of carboxylic acids is 1. The second-order valence-electron chi connectivity index (χ2n) is 3.44. The van der Waals surface area contributed by atoms with Gasteiger partial charge >= 0.3 is 5.97 Å². The number of carboxylic acid groups (broad SMARTS) is 1. The molecule has 0 aliphatic heterocycles. The van der Waals surface area contributed by atoms with Gasteiger partial charge in [-0.3, -0.25) is 4.90 Å². The van der Waals surface area contributed by atoms with E-state index in [1.54, 1.807) is 17.4 Å². The zero-order valence-corrected chi connectivity index (χ0v) is 9.91. The topological polar surface area (TPSA) is 60.8 Å². The van der Waals surface area contributed by atoms with Crippen LogP contribution < -0.4 is 0 Å². The van der Waals surface area contributed by atoms with Gasteiger partial charge in [0.2, 0.25) is 0 Å². The summed E-state index contributed by atoms with van der Waals surface area (Å²) in [4.78, 5) is 14.4. The van der Waals surface area contributed by atoms with Crippen LogP contribution in [-0.2, 0) is 11.3 Å². The Bertz CT molecular complexity index is 373. The van der Waals surface area contributed by atoms with Gasteiger partial charge in [-0.15, -0.1) is 11.3 Å². The van der Waals surface area contributed by atoms with E-state index >= 15 is 0 Å². The lowest BCUT2D eigenvalue weighted by Gasteiger charge is -2.12. The van der Waals surface area contributed by atoms with Crippen LogP contribution in [0, 0.1) is 0 Å². The average molecular weight is 241 g/mol. The van der Waals surface area contributed by atoms with E-state index in [0.717, 1.165) is 22.4 Å². The maximum absolute atomic E-state index is 10.3. The van der Waals surface area contributed by atoms with Crippen molar-refractivity contribution < 1.29 is 15.0 Å². The zero-order valence-electron chi connectivity index (χ0n) is 9.09. The van der Waals surface area contributed by atoms with Crippen LogP contribution in [-0.4, -0.2) is 41.3 Å². The molecule has 0 radical (unpaired) electrons. The fourth-order valence-electron chi connectivity index (χ4n) is 1.24. The first-order valence-corrected chi connectivity index (χ1v) is 5.72. The summed E-state index contributed by atoms with van der Waals surface area (Å²) in [5, 5.41) is 17.2. The van der Waals surface area contributed by atoms with E-state index in [4.69, 9.17) is 10.2 Å². The van der Waals surface area contributed by atoms with Crippen LogP contribution in [0.15, 0.2) is 18.2 Å². The van der Waals surface area contributed by atoms with E-state index in [9.17, 15) is 4.79 Å². The van der Waals surface area contributed by atoms with Gasteiger partial charge in [0.25, 0.3) is 0 Å². The smallest absolute Gasteiger partial charge is 0.328 e. The first kappa shape index (κ1) is 12.9. The van der Waals surface area contributed by atoms with Crippen molar-refractivity contribution in [3.8, 4) is 0 Å². The Morgan fingerprint density at radius 1 is 1.56 bits per heavy atom. The van der Waals surface area contributed by atoms with Crippen LogP contribution >= 0.6 is 11.3 Å². The zero-order chi connectivity index (χ0) is 12.0. The van der Waals surface area contributed by atoms with Crippen molar-refractivity contribution in [2.45, 2.75) is 6.54 Å². The van der Waals surface area contributed by atoms with Crippen molar-refractivity contribution in [3.05, 3.63) is 28.0 Å². The van der Waals surface area contributed by atoms with E-state index in [1.807, 2.05) is 24.1 Å². The Hall–Kier alpha value is -1.17. The number of aliphatic hydroxyl groups is 1. The third-order valence-corrected chi connectivity index (χ3v) is 3.02. The minimum Gasteiger partial charge on any atom is -0.478 e. The van der Waals surface area contributed by atoms with Gasteiger partial charge in [0.05, 0.1) is 6.61 Å². The van der Waals surface area contributed by atoms with Crippen molar-refractivity contribution in [2.75, 3.05) is 20.2 Å². The molecule has 0 saturated heterocycles. The van der Waals surface area contributed by atoms with Crippen molar-refractivity contribution >= 4 is 23.4 Å². The third-order valence-electron chi connectivity index (χ3n) is 1.98. The summed E-state index contributed by atoms with van der Waals surface area (Å²) in [6.45, 7) is 1.55. The first-order valence-electron chi connectivity index (χ1n) is 4.91. The van der Waals surface area contributed by atoms with E-state index in [0.29, 0.717) is 6.54 Å². The molecule has 1 aromatic heterocycles. The SMILES string of the molecule is CN(CCO)Cc1ccc(C=CC(=O)O)s1. The van der Waals surface area contributed by atoms with Gasteiger partial charge in [-0.1, -0.05) is 0 Å². The second-order valence-corrected chi connectivity index (χ2v) is 4.64.